The minimum Gasteiger partial charge on any atom is -0.372 e. The summed E-state index contributed by atoms with van der Waals surface area (Å²) in [5.41, 5.74) is 7.22. The van der Waals surface area contributed by atoms with Crippen LogP contribution in [-0.2, 0) is 9.53 Å². The first-order valence-electron chi connectivity index (χ1n) is 7.30. The molecule has 0 spiro atoms. The van der Waals surface area contributed by atoms with Crippen molar-refractivity contribution in [1.82, 2.24) is 4.90 Å². The summed E-state index contributed by atoms with van der Waals surface area (Å²) in [5, 5.41) is 0. The van der Waals surface area contributed by atoms with Gasteiger partial charge in [0, 0.05) is 25.6 Å². The Kier molecular flexibility index (Phi) is 5.15. The average Bonchev–Trinajstić information content (AvgIpc) is 2.44. The van der Waals surface area contributed by atoms with Crippen LogP contribution < -0.4 is 5.73 Å². The lowest BCUT2D eigenvalue weighted by Gasteiger charge is -2.35. The number of carbonyl (C=O) groups excluding carboxylic acids is 1. The lowest BCUT2D eigenvalue weighted by molar-refractivity contribution is -0.143. The molecule has 1 saturated heterocycles. The van der Waals surface area contributed by atoms with E-state index >= 15 is 0 Å². The maximum absolute atomic E-state index is 12.2. The van der Waals surface area contributed by atoms with Crippen molar-refractivity contribution in [3.05, 3.63) is 35.9 Å². The third kappa shape index (κ3) is 4.05. The maximum Gasteiger partial charge on any atom is 0.222 e. The predicted octanol–water partition coefficient (Wildman–Crippen LogP) is 2.10. The molecule has 1 aliphatic rings. The first-order valence-corrected chi connectivity index (χ1v) is 7.30. The molecule has 110 valence electrons. The predicted molar refractivity (Wildman–Crippen MR) is 79.2 cm³/mol. The van der Waals surface area contributed by atoms with E-state index < -0.39 is 0 Å². The Morgan fingerprint density at radius 2 is 1.90 bits per heavy atom. The van der Waals surface area contributed by atoms with E-state index in [0.29, 0.717) is 25.9 Å². The Bertz CT molecular complexity index is 425. The fourth-order valence-electron chi connectivity index (χ4n) is 2.69. The summed E-state index contributed by atoms with van der Waals surface area (Å²) >= 11 is 0. The number of rotatable bonds is 4. The number of morpholine rings is 1. The normalized spacial score (nSPS) is 24.4. The van der Waals surface area contributed by atoms with Crippen molar-refractivity contribution in [1.29, 1.82) is 0 Å². The lowest BCUT2D eigenvalue weighted by Crippen LogP contribution is -2.48. The van der Waals surface area contributed by atoms with Crippen LogP contribution in [0.1, 0.15) is 38.3 Å². The monoisotopic (exact) mass is 276 g/mol. The summed E-state index contributed by atoms with van der Waals surface area (Å²) in [4.78, 5) is 14.1. The van der Waals surface area contributed by atoms with Gasteiger partial charge in [-0.2, -0.15) is 0 Å². The van der Waals surface area contributed by atoms with Crippen LogP contribution in [0.2, 0.25) is 0 Å². The minimum absolute atomic E-state index is 0.0731. The van der Waals surface area contributed by atoms with Crippen LogP contribution in [-0.4, -0.2) is 36.1 Å². The number of hydrogen-bond acceptors (Lipinski definition) is 3. The molecule has 2 N–H and O–H groups in total. The highest BCUT2D eigenvalue weighted by Crippen LogP contribution is 2.17. The van der Waals surface area contributed by atoms with Gasteiger partial charge in [-0.15, -0.1) is 0 Å². The second-order valence-electron chi connectivity index (χ2n) is 5.61. The minimum atomic E-state index is -0.0731. The highest BCUT2D eigenvalue weighted by Gasteiger charge is 2.25. The second-order valence-corrected chi connectivity index (χ2v) is 5.61. The summed E-state index contributed by atoms with van der Waals surface area (Å²) in [7, 11) is 0. The summed E-state index contributed by atoms with van der Waals surface area (Å²) in [6.45, 7) is 5.38. The molecule has 1 aromatic carbocycles. The van der Waals surface area contributed by atoms with Gasteiger partial charge in [0.15, 0.2) is 0 Å². The van der Waals surface area contributed by atoms with E-state index in [0.717, 1.165) is 5.56 Å². The molecule has 3 atom stereocenters. The molecule has 1 aliphatic heterocycles. The van der Waals surface area contributed by atoms with Crippen molar-refractivity contribution < 1.29 is 9.53 Å². The molecule has 1 fully saturated rings. The molecule has 4 nitrogen and oxygen atoms in total. The number of nitrogens with zero attached hydrogens (tertiary/aromatic N) is 1. The molecule has 1 heterocycles. The Balaban J connectivity index is 1.83. The van der Waals surface area contributed by atoms with Gasteiger partial charge >= 0.3 is 0 Å². The van der Waals surface area contributed by atoms with Gasteiger partial charge in [0.25, 0.3) is 0 Å². The molecule has 0 aliphatic carbocycles. The van der Waals surface area contributed by atoms with Crippen LogP contribution >= 0.6 is 0 Å². The van der Waals surface area contributed by atoms with E-state index in [1.54, 1.807) is 0 Å². The van der Waals surface area contributed by atoms with Gasteiger partial charge in [-0.3, -0.25) is 4.79 Å². The lowest BCUT2D eigenvalue weighted by atomic mass is 10.0. The fourth-order valence-corrected chi connectivity index (χ4v) is 2.69. The van der Waals surface area contributed by atoms with Crippen molar-refractivity contribution in [2.45, 2.75) is 44.9 Å². The van der Waals surface area contributed by atoms with Gasteiger partial charge in [0.2, 0.25) is 5.91 Å². The zero-order valence-electron chi connectivity index (χ0n) is 12.3. The van der Waals surface area contributed by atoms with Crippen LogP contribution in [0.15, 0.2) is 30.3 Å². The van der Waals surface area contributed by atoms with E-state index in [-0.39, 0.29) is 24.2 Å². The molecule has 1 amide bonds. The number of benzene rings is 1. The van der Waals surface area contributed by atoms with E-state index in [2.05, 4.69) is 0 Å². The maximum atomic E-state index is 12.2. The van der Waals surface area contributed by atoms with E-state index in [9.17, 15) is 4.79 Å². The zero-order valence-corrected chi connectivity index (χ0v) is 12.3. The van der Waals surface area contributed by atoms with Gasteiger partial charge in [-0.05, 0) is 25.8 Å². The van der Waals surface area contributed by atoms with Crippen LogP contribution in [0.5, 0.6) is 0 Å². The SMILES string of the molecule is C[C@@H]1CN(C(=O)CC[C@H](N)c2ccccc2)C[C@@H](C)O1. The molecule has 2 rings (SSSR count). The zero-order chi connectivity index (χ0) is 14.5. The Morgan fingerprint density at radius 1 is 1.30 bits per heavy atom. The number of hydrogen-bond donors (Lipinski definition) is 1. The average molecular weight is 276 g/mol. The highest BCUT2D eigenvalue weighted by atomic mass is 16.5. The topological polar surface area (TPSA) is 55.6 Å². The molecule has 0 radical (unpaired) electrons. The van der Waals surface area contributed by atoms with Crippen molar-refractivity contribution in [3.63, 3.8) is 0 Å². The largest absolute Gasteiger partial charge is 0.372 e. The molecule has 0 aromatic heterocycles. The molecule has 4 heteroatoms. The Hall–Kier alpha value is -1.39. The molecular weight excluding hydrogens is 252 g/mol. The molecule has 0 saturated carbocycles. The number of ether oxygens (including phenoxy) is 1. The number of nitrogens with two attached hydrogens (primary N) is 1. The summed E-state index contributed by atoms with van der Waals surface area (Å²) in [5.74, 6) is 0.179. The van der Waals surface area contributed by atoms with Gasteiger partial charge in [0.05, 0.1) is 12.2 Å². The van der Waals surface area contributed by atoms with Crippen molar-refractivity contribution in [2.24, 2.45) is 5.73 Å². The standard InChI is InChI=1S/C16H24N2O2/c1-12-10-18(11-13(2)20-12)16(19)9-8-15(17)14-6-4-3-5-7-14/h3-7,12-13,15H,8-11,17H2,1-2H3/t12-,13-,15+/m1/s1. The van der Waals surface area contributed by atoms with E-state index in [1.807, 2.05) is 49.1 Å². The second kappa shape index (κ2) is 6.86. The highest BCUT2D eigenvalue weighted by molar-refractivity contribution is 5.76. The van der Waals surface area contributed by atoms with Gasteiger partial charge < -0.3 is 15.4 Å². The fraction of sp³-hybridized carbons (Fsp3) is 0.562. The van der Waals surface area contributed by atoms with Crippen LogP contribution in [0.4, 0.5) is 0 Å². The third-order valence-electron chi connectivity index (χ3n) is 3.67. The van der Waals surface area contributed by atoms with Crippen LogP contribution in [0, 0.1) is 0 Å². The summed E-state index contributed by atoms with van der Waals surface area (Å²) < 4.78 is 5.64. The van der Waals surface area contributed by atoms with Crippen molar-refractivity contribution in [3.8, 4) is 0 Å². The van der Waals surface area contributed by atoms with Crippen LogP contribution in [0.3, 0.4) is 0 Å². The molecule has 0 unspecified atom stereocenters. The Morgan fingerprint density at radius 3 is 2.50 bits per heavy atom. The van der Waals surface area contributed by atoms with Crippen LogP contribution in [0.25, 0.3) is 0 Å². The van der Waals surface area contributed by atoms with Gasteiger partial charge in [0.1, 0.15) is 0 Å². The van der Waals surface area contributed by atoms with E-state index in [4.69, 9.17) is 10.5 Å². The molecule has 0 bridgehead atoms. The smallest absolute Gasteiger partial charge is 0.222 e. The quantitative estimate of drug-likeness (QED) is 0.916. The summed E-state index contributed by atoms with van der Waals surface area (Å²) in [6, 6.07) is 9.86. The number of carbonyl (C=O) groups is 1. The van der Waals surface area contributed by atoms with Gasteiger partial charge in [-0.25, -0.2) is 0 Å². The first-order chi connectivity index (χ1) is 9.56. The summed E-state index contributed by atoms with van der Waals surface area (Å²) in [6.07, 6.45) is 1.41. The first kappa shape index (κ1) is 15.0. The molecule has 20 heavy (non-hydrogen) atoms. The van der Waals surface area contributed by atoms with Crippen molar-refractivity contribution in [2.75, 3.05) is 13.1 Å². The van der Waals surface area contributed by atoms with Gasteiger partial charge in [-0.1, -0.05) is 30.3 Å². The van der Waals surface area contributed by atoms with Crippen molar-refractivity contribution >= 4 is 5.91 Å². The third-order valence-corrected chi connectivity index (χ3v) is 3.67. The Labute approximate surface area is 120 Å². The molecular formula is C16H24N2O2. The molecule has 1 aromatic rings. The number of amides is 1. The van der Waals surface area contributed by atoms with E-state index in [1.165, 1.54) is 0 Å².